The number of nitrogens with zero attached hydrogens (tertiary/aromatic N) is 4. The first kappa shape index (κ1) is 19.8. The van der Waals surface area contributed by atoms with Gasteiger partial charge in [0.1, 0.15) is 0 Å². The number of nitrogens with one attached hydrogen (secondary N) is 2. The molecule has 1 amide bonds. The first-order chi connectivity index (χ1) is 13.7. The Labute approximate surface area is 168 Å². The average Bonchev–Trinajstić information content (AvgIpc) is 3.15. The fourth-order valence-electron chi connectivity index (χ4n) is 5.46. The van der Waals surface area contributed by atoms with Crippen molar-refractivity contribution < 1.29 is 4.79 Å². The van der Waals surface area contributed by atoms with Crippen LogP contribution in [0.1, 0.15) is 86.4 Å². The smallest absolute Gasteiger partial charge is 0.273 e. The zero-order chi connectivity index (χ0) is 19.4. The lowest BCUT2D eigenvalue weighted by molar-refractivity contribution is 0.0326. The molecule has 0 radical (unpaired) electrons. The Bertz CT molecular complexity index is 654. The Kier molecular flexibility index (Phi) is 6.31. The Morgan fingerprint density at radius 1 is 1.11 bits per heavy atom. The van der Waals surface area contributed by atoms with Gasteiger partial charge in [-0.05, 0) is 71.6 Å². The van der Waals surface area contributed by atoms with Gasteiger partial charge in [-0.15, -0.1) is 5.10 Å². The average molecular weight is 389 g/mol. The van der Waals surface area contributed by atoms with Crippen molar-refractivity contribution >= 4 is 5.91 Å². The molecule has 0 aromatic carbocycles. The molecule has 0 atom stereocenters. The molecule has 1 saturated carbocycles. The quantitative estimate of drug-likeness (QED) is 0.810. The van der Waals surface area contributed by atoms with Gasteiger partial charge in [-0.2, -0.15) is 0 Å². The molecule has 4 rings (SSSR count). The van der Waals surface area contributed by atoms with Crippen molar-refractivity contribution in [2.24, 2.45) is 0 Å². The SMILES string of the molecule is Cc1c(C(=O)NCC2(N3CCCCC3)CCCCC2)nnn1C1CCNCC1. The number of likely N-dealkylation sites (tertiary alicyclic amines) is 1. The van der Waals surface area contributed by atoms with E-state index in [1.54, 1.807) is 0 Å². The van der Waals surface area contributed by atoms with Crippen LogP contribution >= 0.6 is 0 Å². The number of carbonyl (C=O) groups is 1. The molecule has 3 aliphatic rings. The second kappa shape index (κ2) is 8.91. The number of piperidine rings is 2. The summed E-state index contributed by atoms with van der Waals surface area (Å²) in [5.41, 5.74) is 1.55. The maximum Gasteiger partial charge on any atom is 0.273 e. The van der Waals surface area contributed by atoms with Crippen LogP contribution in [0.2, 0.25) is 0 Å². The van der Waals surface area contributed by atoms with E-state index in [0.29, 0.717) is 11.7 Å². The molecule has 1 aromatic rings. The Hall–Kier alpha value is -1.47. The van der Waals surface area contributed by atoms with Gasteiger partial charge in [0, 0.05) is 12.1 Å². The van der Waals surface area contributed by atoms with Gasteiger partial charge in [0.25, 0.3) is 5.91 Å². The molecule has 2 aliphatic heterocycles. The van der Waals surface area contributed by atoms with Gasteiger partial charge in [0.2, 0.25) is 0 Å². The van der Waals surface area contributed by atoms with E-state index in [4.69, 9.17) is 0 Å². The molecule has 28 heavy (non-hydrogen) atoms. The molecule has 156 valence electrons. The minimum atomic E-state index is -0.0559. The molecular formula is C21H36N6O. The zero-order valence-corrected chi connectivity index (χ0v) is 17.4. The van der Waals surface area contributed by atoms with E-state index in [2.05, 4.69) is 25.8 Å². The molecule has 0 unspecified atom stereocenters. The van der Waals surface area contributed by atoms with Gasteiger partial charge in [0.05, 0.1) is 11.7 Å². The second-order valence-corrected chi connectivity index (χ2v) is 8.96. The number of carbonyl (C=O) groups excluding carboxylic acids is 1. The molecular weight excluding hydrogens is 352 g/mol. The summed E-state index contributed by atoms with van der Waals surface area (Å²) in [6, 6.07) is 0.355. The lowest BCUT2D eigenvalue weighted by Gasteiger charge is -2.48. The maximum absolute atomic E-state index is 13.0. The predicted molar refractivity (Wildman–Crippen MR) is 109 cm³/mol. The third-order valence-corrected chi connectivity index (χ3v) is 7.19. The molecule has 7 nitrogen and oxygen atoms in total. The van der Waals surface area contributed by atoms with E-state index in [1.807, 2.05) is 11.6 Å². The summed E-state index contributed by atoms with van der Waals surface area (Å²) in [5, 5.41) is 15.2. The minimum absolute atomic E-state index is 0.0559. The molecule has 2 saturated heterocycles. The fraction of sp³-hybridized carbons (Fsp3) is 0.857. The standard InChI is InChI=1S/C21H36N6O/c1-17-19(24-25-27(17)18-8-12-22-13-9-18)20(28)23-16-21(10-4-2-5-11-21)26-14-6-3-7-15-26/h18,22H,2-16H2,1H3,(H,23,28). The van der Waals surface area contributed by atoms with Crippen LogP contribution in [0.3, 0.4) is 0 Å². The first-order valence-corrected chi connectivity index (χ1v) is 11.4. The normalized spacial score (nSPS) is 24.2. The molecule has 0 spiro atoms. The van der Waals surface area contributed by atoms with Crippen LogP contribution in [0.4, 0.5) is 0 Å². The number of rotatable bonds is 5. The van der Waals surface area contributed by atoms with Gasteiger partial charge < -0.3 is 10.6 Å². The van der Waals surface area contributed by atoms with Crippen LogP contribution in [-0.4, -0.2) is 64.1 Å². The number of aromatic nitrogens is 3. The van der Waals surface area contributed by atoms with E-state index < -0.39 is 0 Å². The molecule has 7 heteroatoms. The zero-order valence-electron chi connectivity index (χ0n) is 17.4. The van der Waals surface area contributed by atoms with Crippen molar-refractivity contribution in [2.45, 2.75) is 82.7 Å². The highest BCUT2D eigenvalue weighted by atomic mass is 16.2. The van der Waals surface area contributed by atoms with E-state index in [1.165, 1.54) is 64.5 Å². The van der Waals surface area contributed by atoms with Gasteiger partial charge in [-0.1, -0.05) is 30.9 Å². The Morgan fingerprint density at radius 3 is 2.50 bits per heavy atom. The van der Waals surface area contributed by atoms with Gasteiger partial charge >= 0.3 is 0 Å². The molecule has 3 fully saturated rings. The van der Waals surface area contributed by atoms with Crippen molar-refractivity contribution in [3.8, 4) is 0 Å². The summed E-state index contributed by atoms with van der Waals surface area (Å²) >= 11 is 0. The fourth-order valence-corrected chi connectivity index (χ4v) is 5.46. The summed E-state index contributed by atoms with van der Waals surface area (Å²) in [7, 11) is 0. The molecule has 1 aliphatic carbocycles. The van der Waals surface area contributed by atoms with Gasteiger partial charge in [0.15, 0.2) is 5.69 Å². The summed E-state index contributed by atoms with van der Waals surface area (Å²) in [5.74, 6) is -0.0559. The van der Waals surface area contributed by atoms with Crippen LogP contribution in [-0.2, 0) is 0 Å². The van der Waals surface area contributed by atoms with Crippen LogP contribution in [0.5, 0.6) is 0 Å². The molecule has 2 N–H and O–H groups in total. The van der Waals surface area contributed by atoms with Crippen molar-refractivity contribution in [3.63, 3.8) is 0 Å². The van der Waals surface area contributed by atoms with E-state index in [-0.39, 0.29) is 11.4 Å². The lowest BCUT2D eigenvalue weighted by atomic mass is 9.79. The number of hydrogen-bond donors (Lipinski definition) is 2. The number of amides is 1. The lowest BCUT2D eigenvalue weighted by Crippen LogP contribution is -2.58. The summed E-state index contributed by atoms with van der Waals surface area (Å²) in [4.78, 5) is 15.6. The Balaban J connectivity index is 1.43. The summed E-state index contributed by atoms with van der Waals surface area (Å²) in [6.45, 7) is 7.10. The highest BCUT2D eigenvalue weighted by Gasteiger charge is 2.39. The molecule has 3 heterocycles. The highest BCUT2D eigenvalue weighted by molar-refractivity contribution is 5.93. The van der Waals surface area contributed by atoms with Crippen LogP contribution < -0.4 is 10.6 Å². The van der Waals surface area contributed by atoms with E-state index in [0.717, 1.165) is 38.2 Å². The third kappa shape index (κ3) is 4.10. The van der Waals surface area contributed by atoms with Crippen LogP contribution in [0, 0.1) is 6.92 Å². The van der Waals surface area contributed by atoms with E-state index >= 15 is 0 Å². The predicted octanol–water partition coefficient (Wildman–Crippen LogP) is 2.43. The maximum atomic E-state index is 13.0. The molecule has 1 aromatic heterocycles. The molecule has 0 bridgehead atoms. The van der Waals surface area contributed by atoms with Gasteiger partial charge in [-0.25, -0.2) is 4.68 Å². The van der Waals surface area contributed by atoms with E-state index in [9.17, 15) is 4.79 Å². The highest BCUT2D eigenvalue weighted by Crippen LogP contribution is 2.35. The van der Waals surface area contributed by atoms with Crippen LogP contribution in [0.15, 0.2) is 0 Å². The van der Waals surface area contributed by atoms with Crippen LogP contribution in [0.25, 0.3) is 0 Å². The topological polar surface area (TPSA) is 75.1 Å². The second-order valence-electron chi connectivity index (χ2n) is 8.96. The summed E-state index contributed by atoms with van der Waals surface area (Å²) < 4.78 is 1.97. The van der Waals surface area contributed by atoms with Crippen molar-refractivity contribution in [2.75, 3.05) is 32.7 Å². The largest absolute Gasteiger partial charge is 0.349 e. The van der Waals surface area contributed by atoms with Crippen molar-refractivity contribution in [1.82, 2.24) is 30.5 Å². The monoisotopic (exact) mass is 388 g/mol. The van der Waals surface area contributed by atoms with Crippen molar-refractivity contribution in [3.05, 3.63) is 11.4 Å². The number of hydrogen-bond acceptors (Lipinski definition) is 5. The van der Waals surface area contributed by atoms with Gasteiger partial charge in [-0.3, -0.25) is 9.69 Å². The summed E-state index contributed by atoms with van der Waals surface area (Å²) in [6.07, 6.45) is 12.3. The third-order valence-electron chi connectivity index (χ3n) is 7.19. The minimum Gasteiger partial charge on any atom is -0.349 e. The first-order valence-electron chi connectivity index (χ1n) is 11.4. The van der Waals surface area contributed by atoms with Crippen molar-refractivity contribution in [1.29, 1.82) is 0 Å². The Morgan fingerprint density at radius 2 is 1.79 bits per heavy atom.